The van der Waals surface area contributed by atoms with Crippen LogP contribution in [0.3, 0.4) is 0 Å². The lowest BCUT2D eigenvalue weighted by Crippen LogP contribution is -2.47. The summed E-state index contributed by atoms with van der Waals surface area (Å²) in [7, 11) is 0. The Morgan fingerprint density at radius 1 is 1.57 bits per heavy atom. The zero-order valence-corrected chi connectivity index (χ0v) is 12.6. The van der Waals surface area contributed by atoms with E-state index in [0.717, 1.165) is 0 Å². The maximum Gasteiger partial charge on any atom is 0.421 e. The summed E-state index contributed by atoms with van der Waals surface area (Å²) in [5.74, 6) is -0.666. The minimum atomic E-state index is -4.59. The average molecular weight is 333 g/mol. The topological polar surface area (TPSA) is 93.4 Å². The summed E-state index contributed by atoms with van der Waals surface area (Å²) in [6.07, 6.45) is -4.00. The molecule has 1 aliphatic rings. The van der Waals surface area contributed by atoms with Crippen LogP contribution in [0.5, 0.6) is 0 Å². The van der Waals surface area contributed by atoms with Crippen LogP contribution in [0.15, 0.2) is 6.20 Å². The van der Waals surface area contributed by atoms with E-state index in [0.29, 0.717) is 32.3 Å². The van der Waals surface area contributed by atoms with Gasteiger partial charge in [-0.2, -0.15) is 18.2 Å². The number of aromatic nitrogens is 2. The zero-order valence-electron chi connectivity index (χ0n) is 12.6. The second-order valence-corrected chi connectivity index (χ2v) is 5.06. The van der Waals surface area contributed by atoms with E-state index in [1.807, 2.05) is 0 Å². The van der Waals surface area contributed by atoms with Gasteiger partial charge in [0.1, 0.15) is 11.4 Å². The highest BCUT2D eigenvalue weighted by atomic mass is 19.4. The highest BCUT2D eigenvalue weighted by molar-refractivity contribution is 5.75. The summed E-state index contributed by atoms with van der Waals surface area (Å²) in [4.78, 5) is 20.3. The molecular formula is C13H18F3N5O2. The van der Waals surface area contributed by atoms with Crippen molar-refractivity contribution < 1.29 is 22.7 Å². The quantitative estimate of drug-likeness (QED) is 0.858. The van der Waals surface area contributed by atoms with Crippen LogP contribution in [0.25, 0.3) is 0 Å². The molecular weight excluding hydrogens is 315 g/mol. The van der Waals surface area contributed by atoms with Crippen molar-refractivity contribution >= 4 is 17.7 Å². The first kappa shape index (κ1) is 17.3. The molecule has 1 aromatic heterocycles. The molecule has 0 aliphatic carbocycles. The third-order valence-corrected chi connectivity index (χ3v) is 3.40. The molecule has 3 N–H and O–H groups in total. The molecule has 128 valence electrons. The number of amides is 1. The first-order valence-corrected chi connectivity index (χ1v) is 7.14. The molecule has 0 saturated carbocycles. The van der Waals surface area contributed by atoms with Gasteiger partial charge in [0.05, 0.1) is 12.7 Å². The number of carbonyl (C=O) groups excluding carboxylic acids is 1. The molecule has 1 aromatic rings. The summed E-state index contributed by atoms with van der Waals surface area (Å²) in [6.45, 7) is 2.98. The van der Waals surface area contributed by atoms with Crippen LogP contribution >= 0.6 is 0 Å². The van der Waals surface area contributed by atoms with E-state index in [-0.39, 0.29) is 18.4 Å². The predicted octanol–water partition coefficient (Wildman–Crippen LogP) is 1.13. The number of hydrogen-bond acceptors (Lipinski definition) is 6. The Morgan fingerprint density at radius 3 is 2.96 bits per heavy atom. The third kappa shape index (κ3) is 4.44. The molecule has 0 spiro atoms. The van der Waals surface area contributed by atoms with Gasteiger partial charge in [-0.25, -0.2) is 4.98 Å². The van der Waals surface area contributed by atoms with E-state index in [1.165, 1.54) is 0 Å². The van der Waals surface area contributed by atoms with Gasteiger partial charge in [-0.1, -0.05) is 6.92 Å². The SMILES string of the molecule is CCC(=O)N1CCOC(CNc2nc(N)ncc2C(F)(F)F)C1. The molecule has 2 heterocycles. The molecule has 1 saturated heterocycles. The Labute approximate surface area is 131 Å². The monoisotopic (exact) mass is 333 g/mol. The second-order valence-electron chi connectivity index (χ2n) is 5.06. The fourth-order valence-electron chi connectivity index (χ4n) is 2.24. The van der Waals surface area contributed by atoms with Crippen molar-refractivity contribution in [3.05, 3.63) is 11.8 Å². The van der Waals surface area contributed by atoms with Crippen LogP contribution in [-0.2, 0) is 15.7 Å². The van der Waals surface area contributed by atoms with Gasteiger partial charge in [-0.3, -0.25) is 4.79 Å². The van der Waals surface area contributed by atoms with E-state index in [2.05, 4.69) is 15.3 Å². The number of morpholine rings is 1. The van der Waals surface area contributed by atoms with Crippen molar-refractivity contribution in [2.75, 3.05) is 37.3 Å². The number of ether oxygens (including phenoxy) is 1. The number of nitrogen functional groups attached to an aromatic ring is 1. The van der Waals surface area contributed by atoms with Crippen molar-refractivity contribution in [2.45, 2.75) is 25.6 Å². The molecule has 0 radical (unpaired) electrons. The standard InChI is InChI=1S/C13H18F3N5O2/c1-2-10(22)21-3-4-23-8(7-21)5-18-11-9(13(14,15)16)6-19-12(17)20-11/h6,8H,2-5,7H2,1H3,(H3,17,18,19,20). The molecule has 1 atom stereocenters. The lowest BCUT2D eigenvalue weighted by molar-refractivity contribution is -0.137. The maximum atomic E-state index is 12.9. The number of rotatable bonds is 4. The Bertz CT molecular complexity index is 567. The molecule has 10 heteroatoms. The van der Waals surface area contributed by atoms with Gasteiger partial charge in [0.2, 0.25) is 11.9 Å². The summed E-state index contributed by atoms with van der Waals surface area (Å²) >= 11 is 0. The van der Waals surface area contributed by atoms with Gasteiger partial charge in [0.15, 0.2) is 0 Å². The summed E-state index contributed by atoms with van der Waals surface area (Å²) < 4.78 is 44.2. The first-order valence-electron chi connectivity index (χ1n) is 7.14. The summed E-state index contributed by atoms with van der Waals surface area (Å²) in [5, 5.41) is 2.59. The molecule has 0 bridgehead atoms. The second kappa shape index (κ2) is 6.99. The normalized spacial score (nSPS) is 18.8. The molecule has 1 aliphatic heterocycles. The molecule has 1 amide bonds. The Balaban J connectivity index is 2.03. The summed E-state index contributed by atoms with van der Waals surface area (Å²) in [6, 6.07) is 0. The van der Waals surface area contributed by atoms with Gasteiger partial charge in [0.25, 0.3) is 0 Å². The van der Waals surface area contributed by atoms with Crippen LogP contribution in [0.4, 0.5) is 24.9 Å². The average Bonchev–Trinajstić information content (AvgIpc) is 2.51. The van der Waals surface area contributed by atoms with Crippen LogP contribution in [0.1, 0.15) is 18.9 Å². The van der Waals surface area contributed by atoms with E-state index in [4.69, 9.17) is 10.5 Å². The minimum absolute atomic E-state index is 0.0134. The molecule has 1 fully saturated rings. The molecule has 1 unspecified atom stereocenters. The molecule has 2 rings (SSSR count). The van der Waals surface area contributed by atoms with Gasteiger partial charge in [0, 0.05) is 32.3 Å². The molecule has 23 heavy (non-hydrogen) atoms. The number of anilines is 2. The van der Waals surface area contributed by atoms with Crippen LogP contribution in [0.2, 0.25) is 0 Å². The van der Waals surface area contributed by atoms with Gasteiger partial charge < -0.3 is 20.7 Å². The van der Waals surface area contributed by atoms with Crippen molar-refractivity contribution in [2.24, 2.45) is 0 Å². The maximum absolute atomic E-state index is 12.9. The van der Waals surface area contributed by atoms with Crippen molar-refractivity contribution in [3.8, 4) is 0 Å². The summed E-state index contributed by atoms with van der Waals surface area (Å²) in [5.41, 5.74) is 4.35. The van der Waals surface area contributed by atoms with Gasteiger partial charge in [-0.15, -0.1) is 0 Å². The van der Waals surface area contributed by atoms with E-state index in [1.54, 1.807) is 11.8 Å². The molecule has 7 nitrogen and oxygen atoms in total. The lowest BCUT2D eigenvalue weighted by atomic mass is 10.2. The van der Waals surface area contributed by atoms with Crippen molar-refractivity contribution in [3.63, 3.8) is 0 Å². The van der Waals surface area contributed by atoms with Crippen LogP contribution < -0.4 is 11.1 Å². The Kier molecular flexibility index (Phi) is 5.24. The fraction of sp³-hybridized carbons (Fsp3) is 0.615. The first-order chi connectivity index (χ1) is 10.8. The lowest BCUT2D eigenvalue weighted by Gasteiger charge is -2.33. The van der Waals surface area contributed by atoms with E-state index >= 15 is 0 Å². The fourth-order valence-corrected chi connectivity index (χ4v) is 2.24. The number of nitrogens with one attached hydrogen (secondary N) is 1. The number of hydrogen-bond donors (Lipinski definition) is 2. The van der Waals surface area contributed by atoms with Gasteiger partial charge >= 0.3 is 6.18 Å². The Morgan fingerprint density at radius 2 is 2.30 bits per heavy atom. The highest BCUT2D eigenvalue weighted by Crippen LogP contribution is 2.33. The largest absolute Gasteiger partial charge is 0.421 e. The van der Waals surface area contributed by atoms with Crippen molar-refractivity contribution in [1.29, 1.82) is 0 Å². The smallest absolute Gasteiger partial charge is 0.373 e. The van der Waals surface area contributed by atoms with E-state index < -0.39 is 23.7 Å². The molecule has 0 aromatic carbocycles. The third-order valence-electron chi connectivity index (χ3n) is 3.40. The Hall–Kier alpha value is -2.10. The predicted molar refractivity (Wildman–Crippen MR) is 76.5 cm³/mol. The van der Waals surface area contributed by atoms with Crippen molar-refractivity contribution in [1.82, 2.24) is 14.9 Å². The number of nitrogens with zero attached hydrogens (tertiary/aromatic N) is 3. The number of halogens is 3. The minimum Gasteiger partial charge on any atom is -0.373 e. The zero-order chi connectivity index (χ0) is 17.0. The number of carbonyl (C=O) groups is 1. The number of nitrogens with two attached hydrogens (primary N) is 1. The van der Waals surface area contributed by atoms with Crippen LogP contribution in [-0.4, -0.2) is 53.1 Å². The van der Waals surface area contributed by atoms with Crippen LogP contribution in [0, 0.1) is 0 Å². The highest BCUT2D eigenvalue weighted by Gasteiger charge is 2.35. The van der Waals surface area contributed by atoms with Gasteiger partial charge in [-0.05, 0) is 0 Å². The van der Waals surface area contributed by atoms with E-state index in [9.17, 15) is 18.0 Å². The number of alkyl halides is 3.